The number of hydrogen-bond donors (Lipinski definition) is 2. The third kappa shape index (κ3) is 4.40. The van der Waals surface area contributed by atoms with Crippen LogP contribution in [0.5, 0.6) is 5.88 Å². The first kappa shape index (κ1) is 15.2. The van der Waals surface area contributed by atoms with E-state index in [1.807, 2.05) is 20.8 Å². The number of hydrogen-bond acceptors (Lipinski definition) is 6. The monoisotopic (exact) mass is 249 g/mol. The summed E-state index contributed by atoms with van der Waals surface area (Å²) >= 11 is 1.07. The van der Waals surface area contributed by atoms with Crippen molar-refractivity contribution in [2.24, 2.45) is 11.1 Å². The van der Waals surface area contributed by atoms with E-state index in [4.69, 9.17) is 10.5 Å². The molecule has 94 valence electrons. The van der Waals surface area contributed by atoms with Gasteiger partial charge in [0.1, 0.15) is 18.9 Å². The molecule has 0 aliphatic carbocycles. The van der Waals surface area contributed by atoms with Crippen molar-refractivity contribution in [3.8, 4) is 5.88 Å². The lowest BCUT2D eigenvalue weighted by Crippen LogP contribution is -2.47. The molecule has 0 saturated heterocycles. The van der Waals surface area contributed by atoms with Crippen LogP contribution in [0.2, 0.25) is 0 Å². The lowest BCUT2D eigenvalue weighted by Gasteiger charge is -2.30. The summed E-state index contributed by atoms with van der Waals surface area (Å²) in [6, 6.07) is -0.330. The lowest BCUT2D eigenvalue weighted by atomic mass is 9.84. The molecule has 0 aliphatic rings. The number of ether oxygens (including phenoxy) is 1. The summed E-state index contributed by atoms with van der Waals surface area (Å²) in [4.78, 5) is 0. The standard InChI is InChI=1S/C9H17N3O2S.H2O/c1-9(2,3)8(10)6(13)5-14-7-4-11-15-12-7;/h4,6,8,13H,5,10H2,1-3H3;1H2. The summed E-state index contributed by atoms with van der Waals surface area (Å²) in [5.41, 5.74) is 5.72. The Morgan fingerprint density at radius 1 is 1.56 bits per heavy atom. The lowest BCUT2D eigenvalue weighted by molar-refractivity contribution is 0.0483. The van der Waals surface area contributed by atoms with Gasteiger partial charge in [-0.3, -0.25) is 0 Å². The van der Waals surface area contributed by atoms with Crippen molar-refractivity contribution in [1.29, 1.82) is 0 Å². The zero-order valence-corrected chi connectivity index (χ0v) is 10.5. The maximum Gasteiger partial charge on any atom is 0.245 e. The van der Waals surface area contributed by atoms with E-state index in [1.54, 1.807) is 0 Å². The van der Waals surface area contributed by atoms with Gasteiger partial charge in [-0.1, -0.05) is 20.8 Å². The van der Waals surface area contributed by atoms with Gasteiger partial charge in [0.15, 0.2) is 0 Å². The van der Waals surface area contributed by atoms with Gasteiger partial charge in [-0.2, -0.15) is 4.37 Å². The topological polar surface area (TPSA) is 113 Å². The molecule has 0 spiro atoms. The molecular weight excluding hydrogens is 230 g/mol. The zero-order valence-electron chi connectivity index (χ0n) is 9.67. The Bertz CT molecular complexity index is 287. The van der Waals surface area contributed by atoms with E-state index in [0.717, 1.165) is 11.7 Å². The predicted octanol–water partition coefficient (Wildman–Crippen LogP) is -0.173. The Labute approximate surface area is 99.1 Å². The van der Waals surface area contributed by atoms with Crippen LogP contribution in [0.15, 0.2) is 6.20 Å². The van der Waals surface area contributed by atoms with E-state index in [2.05, 4.69) is 8.75 Å². The van der Waals surface area contributed by atoms with E-state index < -0.39 is 6.10 Å². The van der Waals surface area contributed by atoms with Gasteiger partial charge >= 0.3 is 0 Å². The third-order valence-corrected chi connectivity index (χ3v) is 2.62. The minimum atomic E-state index is -0.702. The van der Waals surface area contributed by atoms with Crippen LogP contribution >= 0.6 is 11.7 Å². The Morgan fingerprint density at radius 3 is 2.62 bits per heavy atom. The largest absolute Gasteiger partial charge is 0.473 e. The normalized spacial score (nSPS) is 15.1. The Balaban J connectivity index is 0.00000225. The highest BCUT2D eigenvalue weighted by Crippen LogP contribution is 2.20. The average Bonchev–Trinajstić information content (AvgIpc) is 2.63. The minimum absolute atomic E-state index is 0. The Kier molecular flexibility index (Phi) is 5.80. The van der Waals surface area contributed by atoms with E-state index in [-0.39, 0.29) is 23.5 Å². The fourth-order valence-corrected chi connectivity index (χ4v) is 1.44. The number of nitrogens with zero attached hydrogens (tertiary/aromatic N) is 2. The van der Waals surface area contributed by atoms with Crippen molar-refractivity contribution in [3.05, 3.63) is 6.20 Å². The molecule has 0 amide bonds. The van der Waals surface area contributed by atoms with Crippen LogP contribution in [-0.4, -0.2) is 38.1 Å². The van der Waals surface area contributed by atoms with Crippen LogP contribution in [0, 0.1) is 5.41 Å². The molecule has 1 aromatic rings. The molecular formula is C9H19N3O3S. The Morgan fingerprint density at radius 2 is 2.19 bits per heavy atom. The molecule has 0 aromatic carbocycles. The molecule has 1 aromatic heterocycles. The summed E-state index contributed by atoms with van der Waals surface area (Å²) < 4.78 is 12.9. The molecule has 0 radical (unpaired) electrons. The van der Waals surface area contributed by atoms with Crippen LogP contribution in [0.4, 0.5) is 0 Å². The van der Waals surface area contributed by atoms with Gasteiger partial charge in [0.2, 0.25) is 5.88 Å². The van der Waals surface area contributed by atoms with Gasteiger partial charge in [0.05, 0.1) is 11.7 Å². The number of nitrogens with two attached hydrogens (primary N) is 1. The fourth-order valence-electron chi connectivity index (χ4n) is 1.07. The molecule has 0 saturated carbocycles. The van der Waals surface area contributed by atoms with Crippen LogP contribution in [0.1, 0.15) is 20.8 Å². The number of aromatic nitrogens is 2. The van der Waals surface area contributed by atoms with Gasteiger partial charge in [-0.25, -0.2) is 0 Å². The van der Waals surface area contributed by atoms with Crippen molar-refractivity contribution in [2.75, 3.05) is 6.61 Å². The Hall–Kier alpha value is -0.760. The summed E-state index contributed by atoms with van der Waals surface area (Å²) in [6.45, 7) is 6.08. The van der Waals surface area contributed by atoms with E-state index in [0.29, 0.717) is 5.88 Å². The second-order valence-electron chi connectivity index (χ2n) is 4.52. The fraction of sp³-hybridized carbons (Fsp3) is 0.778. The molecule has 6 nitrogen and oxygen atoms in total. The van der Waals surface area contributed by atoms with Crippen molar-refractivity contribution in [1.82, 2.24) is 8.75 Å². The molecule has 0 bridgehead atoms. The molecule has 0 aliphatic heterocycles. The number of aliphatic hydroxyl groups excluding tert-OH is 1. The average molecular weight is 249 g/mol. The minimum Gasteiger partial charge on any atom is -0.473 e. The molecule has 5 N–H and O–H groups in total. The van der Waals surface area contributed by atoms with E-state index in [9.17, 15) is 5.11 Å². The first-order valence-corrected chi connectivity index (χ1v) is 5.48. The van der Waals surface area contributed by atoms with Gasteiger partial charge < -0.3 is 21.1 Å². The van der Waals surface area contributed by atoms with Crippen molar-refractivity contribution in [3.63, 3.8) is 0 Å². The highest BCUT2D eigenvalue weighted by Gasteiger charge is 2.28. The van der Waals surface area contributed by atoms with Crippen LogP contribution in [-0.2, 0) is 0 Å². The molecule has 7 heteroatoms. The van der Waals surface area contributed by atoms with Gasteiger partial charge in [0, 0.05) is 6.04 Å². The van der Waals surface area contributed by atoms with Crippen LogP contribution in [0.3, 0.4) is 0 Å². The van der Waals surface area contributed by atoms with Crippen molar-refractivity contribution >= 4 is 11.7 Å². The second-order valence-corrected chi connectivity index (χ2v) is 5.07. The predicted molar refractivity (Wildman–Crippen MR) is 62.5 cm³/mol. The first-order chi connectivity index (χ1) is 6.91. The smallest absolute Gasteiger partial charge is 0.245 e. The first-order valence-electron chi connectivity index (χ1n) is 4.75. The maximum absolute atomic E-state index is 9.76. The van der Waals surface area contributed by atoms with Crippen molar-refractivity contribution in [2.45, 2.75) is 32.9 Å². The quantitative estimate of drug-likeness (QED) is 0.769. The summed E-state index contributed by atoms with van der Waals surface area (Å²) in [6.07, 6.45) is 0.812. The third-order valence-electron chi connectivity index (χ3n) is 2.16. The second kappa shape index (κ2) is 6.09. The summed E-state index contributed by atoms with van der Waals surface area (Å²) in [7, 11) is 0. The molecule has 0 fully saturated rings. The highest BCUT2D eigenvalue weighted by molar-refractivity contribution is 6.99. The molecule has 1 heterocycles. The molecule has 2 atom stereocenters. The van der Waals surface area contributed by atoms with E-state index >= 15 is 0 Å². The zero-order chi connectivity index (χ0) is 11.5. The summed E-state index contributed by atoms with van der Waals surface area (Å²) in [5, 5.41) is 9.76. The summed E-state index contributed by atoms with van der Waals surface area (Å²) in [5.74, 6) is 0.431. The SMILES string of the molecule is CC(C)(C)C(N)C(O)COc1cnsn1.O. The maximum atomic E-state index is 9.76. The number of aliphatic hydroxyl groups is 1. The molecule has 1 rings (SSSR count). The van der Waals surface area contributed by atoms with Crippen molar-refractivity contribution < 1.29 is 15.3 Å². The highest BCUT2D eigenvalue weighted by atomic mass is 32.1. The van der Waals surface area contributed by atoms with Gasteiger partial charge in [-0.05, 0) is 5.41 Å². The number of rotatable bonds is 4. The van der Waals surface area contributed by atoms with Gasteiger partial charge in [-0.15, -0.1) is 4.37 Å². The molecule has 16 heavy (non-hydrogen) atoms. The molecule has 2 unspecified atom stereocenters. The van der Waals surface area contributed by atoms with Crippen LogP contribution < -0.4 is 10.5 Å². The van der Waals surface area contributed by atoms with E-state index in [1.165, 1.54) is 6.20 Å². The van der Waals surface area contributed by atoms with Gasteiger partial charge in [0.25, 0.3) is 0 Å². The van der Waals surface area contributed by atoms with Crippen LogP contribution in [0.25, 0.3) is 0 Å².